The van der Waals surface area contributed by atoms with Crippen molar-refractivity contribution in [2.75, 3.05) is 26.1 Å². The number of hydrogen-bond donors (Lipinski definition) is 0. The molecule has 0 atom stereocenters. The maximum atomic E-state index is 11.6. The zero-order valence-electron chi connectivity index (χ0n) is 9.49. The average molecular weight is 221 g/mol. The van der Waals surface area contributed by atoms with Crippen LogP contribution in [0.15, 0.2) is 0 Å². The van der Waals surface area contributed by atoms with E-state index in [1.54, 1.807) is 32.8 Å². The molecule has 0 unspecified atom stereocenters. The topological polar surface area (TPSA) is 54.5 Å². The van der Waals surface area contributed by atoms with Crippen LogP contribution in [-0.2, 0) is 14.6 Å². The van der Waals surface area contributed by atoms with Crippen LogP contribution in [0.25, 0.3) is 0 Å². The Hall–Kier alpha value is -0.420. The fraction of sp³-hybridized carbons (Fsp3) is 0.889. The van der Waals surface area contributed by atoms with Crippen LogP contribution in [0.5, 0.6) is 0 Å². The molecule has 0 N–H and O–H groups in total. The van der Waals surface area contributed by atoms with Gasteiger partial charge in [-0.2, -0.15) is 0 Å². The molecule has 0 saturated heterocycles. The first kappa shape index (κ1) is 13.6. The molecule has 0 saturated carbocycles. The summed E-state index contributed by atoms with van der Waals surface area (Å²) in [5, 5.41) is 0. The van der Waals surface area contributed by atoms with Crippen molar-refractivity contribution in [2.24, 2.45) is 0 Å². The monoisotopic (exact) mass is 221 g/mol. The molecule has 0 amide bonds. The highest BCUT2D eigenvalue weighted by molar-refractivity contribution is 7.90. The molecule has 0 aliphatic heterocycles. The van der Waals surface area contributed by atoms with E-state index in [0.29, 0.717) is 0 Å². The molecule has 84 valence electrons. The van der Waals surface area contributed by atoms with Gasteiger partial charge in [0.15, 0.2) is 5.78 Å². The molecule has 0 heterocycles. The second kappa shape index (κ2) is 4.40. The highest BCUT2D eigenvalue weighted by atomic mass is 32.2. The fourth-order valence-corrected chi connectivity index (χ4v) is 1.39. The molecule has 0 bridgehead atoms. The minimum Gasteiger partial charge on any atom is -0.298 e. The van der Waals surface area contributed by atoms with Crippen LogP contribution in [0, 0.1) is 0 Å². The summed E-state index contributed by atoms with van der Waals surface area (Å²) in [6.45, 7) is 3.58. The molecule has 5 heteroatoms. The second-order valence-electron chi connectivity index (χ2n) is 4.26. The quantitative estimate of drug-likeness (QED) is 0.671. The van der Waals surface area contributed by atoms with E-state index in [0.717, 1.165) is 6.26 Å². The van der Waals surface area contributed by atoms with Gasteiger partial charge in [-0.25, -0.2) is 8.42 Å². The van der Waals surface area contributed by atoms with Gasteiger partial charge in [-0.3, -0.25) is 9.69 Å². The van der Waals surface area contributed by atoms with Gasteiger partial charge >= 0.3 is 0 Å². The van der Waals surface area contributed by atoms with E-state index in [9.17, 15) is 13.2 Å². The summed E-state index contributed by atoms with van der Waals surface area (Å²) in [4.78, 5) is 13.4. The molecule has 4 nitrogen and oxygen atoms in total. The standard InChI is InChI=1S/C9H19NO3S/c1-9(2,10(3)4)8(11)6-7-14(5,12)13/h6-7H2,1-5H3. The van der Waals surface area contributed by atoms with Crippen molar-refractivity contribution < 1.29 is 13.2 Å². The molecule has 0 aliphatic rings. The maximum Gasteiger partial charge on any atom is 0.153 e. The molecule has 0 aromatic heterocycles. The highest BCUT2D eigenvalue weighted by Crippen LogP contribution is 2.13. The number of sulfone groups is 1. The van der Waals surface area contributed by atoms with Crippen molar-refractivity contribution >= 4 is 15.6 Å². The van der Waals surface area contributed by atoms with Crippen LogP contribution in [-0.4, -0.2) is 50.7 Å². The zero-order valence-corrected chi connectivity index (χ0v) is 10.3. The van der Waals surface area contributed by atoms with Crippen LogP contribution in [0.1, 0.15) is 20.3 Å². The molecule has 0 fully saturated rings. The Labute approximate surface area is 86.2 Å². The number of likely N-dealkylation sites (N-methyl/N-ethyl adjacent to an activating group) is 1. The number of Topliss-reactive ketones (excluding diaryl/α,β-unsaturated/α-hetero) is 1. The SMILES string of the molecule is CN(C)C(C)(C)C(=O)CCS(C)(=O)=O. The second-order valence-corrected chi connectivity index (χ2v) is 6.52. The first-order valence-corrected chi connectivity index (χ1v) is 6.52. The summed E-state index contributed by atoms with van der Waals surface area (Å²) in [5.41, 5.74) is -0.593. The molecule has 0 aromatic rings. The van der Waals surface area contributed by atoms with E-state index in [1.807, 2.05) is 0 Å². The van der Waals surface area contributed by atoms with E-state index in [4.69, 9.17) is 0 Å². The Kier molecular flexibility index (Phi) is 4.27. The van der Waals surface area contributed by atoms with Gasteiger partial charge in [-0.1, -0.05) is 0 Å². The largest absolute Gasteiger partial charge is 0.298 e. The third-order valence-electron chi connectivity index (χ3n) is 2.50. The molecular formula is C9H19NO3S. The van der Waals surface area contributed by atoms with Gasteiger partial charge in [-0.05, 0) is 27.9 Å². The molecule has 0 aromatic carbocycles. The summed E-state index contributed by atoms with van der Waals surface area (Å²) >= 11 is 0. The van der Waals surface area contributed by atoms with Crippen LogP contribution in [0.2, 0.25) is 0 Å². The maximum absolute atomic E-state index is 11.6. The van der Waals surface area contributed by atoms with Crippen molar-refractivity contribution in [3.63, 3.8) is 0 Å². The first-order chi connectivity index (χ1) is 6.07. The van der Waals surface area contributed by atoms with Gasteiger partial charge in [0.05, 0.1) is 11.3 Å². The Morgan fingerprint density at radius 2 is 1.71 bits per heavy atom. The third-order valence-corrected chi connectivity index (χ3v) is 3.45. The zero-order chi connectivity index (χ0) is 11.6. The van der Waals surface area contributed by atoms with Gasteiger partial charge in [0.1, 0.15) is 9.84 Å². The lowest BCUT2D eigenvalue weighted by atomic mass is 9.96. The molecule has 0 radical (unpaired) electrons. The fourth-order valence-electron chi connectivity index (χ4n) is 0.833. The van der Waals surface area contributed by atoms with Crippen molar-refractivity contribution in [2.45, 2.75) is 25.8 Å². The van der Waals surface area contributed by atoms with Crippen molar-refractivity contribution in [1.82, 2.24) is 4.90 Å². The minimum atomic E-state index is -3.04. The van der Waals surface area contributed by atoms with Crippen molar-refractivity contribution in [3.05, 3.63) is 0 Å². The van der Waals surface area contributed by atoms with Crippen LogP contribution >= 0.6 is 0 Å². The van der Waals surface area contributed by atoms with E-state index in [-0.39, 0.29) is 18.0 Å². The van der Waals surface area contributed by atoms with Crippen molar-refractivity contribution in [3.8, 4) is 0 Å². The first-order valence-electron chi connectivity index (χ1n) is 4.46. The summed E-state index contributed by atoms with van der Waals surface area (Å²) in [6.07, 6.45) is 1.23. The van der Waals surface area contributed by atoms with Gasteiger partial charge in [0.25, 0.3) is 0 Å². The number of rotatable bonds is 5. The molecule has 0 spiro atoms. The molecule has 14 heavy (non-hydrogen) atoms. The minimum absolute atomic E-state index is 0.0482. The Morgan fingerprint density at radius 1 is 1.29 bits per heavy atom. The average Bonchev–Trinajstić information content (AvgIpc) is 1.98. The van der Waals surface area contributed by atoms with Crippen LogP contribution in [0.3, 0.4) is 0 Å². The molecular weight excluding hydrogens is 202 g/mol. The van der Waals surface area contributed by atoms with Crippen LogP contribution in [0.4, 0.5) is 0 Å². The molecule has 0 aliphatic carbocycles. The lowest BCUT2D eigenvalue weighted by Gasteiger charge is -2.30. The Bertz CT molecular complexity index is 304. The lowest BCUT2D eigenvalue weighted by molar-refractivity contribution is -0.127. The highest BCUT2D eigenvalue weighted by Gasteiger charge is 2.29. The normalized spacial score (nSPS) is 13.3. The Balaban J connectivity index is 4.37. The summed E-state index contributed by atoms with van der Waals surface area (Å²) in [6, 6.07) is 0. The summed E-state index contributed by atoms with van der Waals surface area (Å²) in [7, 11) is 0.563. The van der Waals surface area contributed by atoms with Crippen molar-refractivity contribution in [1.29, 1.82) is 0 Å². The summed E-state index contributed by atoms with van der Waals surface area (Å²) in [5.74, 6) is -0.115. The van der Waals surface area contributed by atoms with Gasteiger partial charge in [0.2, 0.25) is 0 Å². The van der Waals surface area contributed by atoms with Gasteiger partial charge in [0, 0.05) is 12.7 Å². The van der Waals surface area contributed by atoms with Gasteiger partial charge < -0.3 is 0 Å². The summed E-state index contributed by atoms with van der Waals surface area (Å²) < 4.78 is 21.7. The Morgan fingerprint density at radius 3 is 2.00 bits per heavy atom. The lowest BCUT2D eigenvalue weighted by Crippen LogP contribution is -2.46. The number of ketones is 1. The van der Waals surface area contributed by atoms with E-state index < -0.39 is 15.4 Å². The number of nitrogens with zero attached hydrogens (tertiary/aromatic N) is 1. The predicted molar refractivity (Wildman–Crippen MR) is 57.1 cm³/mol. The number of carbonyl (C=O) groups is 1. The van der Waals surface area contributed by atoms with Crippen LogP contribution < -0.4 is 0 Å². The molecule has 0 rings (SSSR count). The van der Waals surface area contributed by atoms with E-state index >= 15 is 0 Å². The predicted octanol–water partition coefficient (Wildman–Crippen LogP) is 0.330. The number of hydrogen-bond acceptors (Lipinski definition) is 4. The third kappa shape index (κ3) is 4.19. The van der Waals surface area contributed by atoms with E-state index in [1.165, 1.54) is 0 Å². The smallest absolute Gasteiger partial charge is 0.153 e. The van der Waals surface area contributed by atoms with Gasteiger partial charge in [-0.15, -0.1) is 0 Å². The number of carbonyl (C=O) groups excluding carboxylic acids is 1. The van der Waals surface area contributed by atoms with E-state index in [2.05, 4.69) is 0 Å².